The highest BCUT2D eigenvalue weighted by atomic mass is 16.2. The maximum atomic E-state index is 11.4. The minimum atomic E-state index is 0.00292. The molecule has 0 spiro atoms. The van der Waals surface area contributed by atoms with Crippen LogP contribution in [-0.2, 0) is 0 Å². The number of likely N-dealkylation sites (N-methyl/N-ethyl adjacent to an activating group) is 1. The average Bonchev–Trinajstić information content (AvgIpc) is 2.70. The summed E-state index contributed by atoms with van der Waals surface area (Å²) in [5, 5.41) is 5.31. The smallest absolute Gasteiger partial charge is 0.317 e. The minimum absolute atomic E-state index is 0.00292. The van der Waals surface area contributed by atoms with E-state index in [1.54, 1.807) is 4.90 Å². The van der Waals surface area contributed by atoms with E-state index in [2.05, 4.69) is 35.6 Å². The van der Waals surface area contributed by atoms with Crippen LogP contribution in [0, 0.1) is 0 Å². The molecule has 0 aliphatic carbocycles. The molecule has 2 aromatic rings. The zero-order valence-corrected chi connectivity index (χ0v) is 9.68. The van der Waals surface area contributed by atoms with E-state index in [9.17, 15) is 4.79 Å². The van der Waals surface area contributed by atoms with Crippen LogP contribution in [0.15, 0.2) is 42.5 Å². The summed E-state index contributed by atoms with van der Waals surface area (Å²) in [6.45, 7) is 0.688. The summed E-state index contributed by atoms with van der Waals surface area (Å²) in [7, 11) is 1.84. The fourth-order valence-electron chi connectivity index (χ4n) is 2.34. The molecule has 0 bridgehead atoms. The molecule has 86 valence electrons. The highest BCUT2D eigenvalue weighted by Crippen LogP contribution is 2.26. The van der Waals surface area contributed by atoms with Crippen LogP contribution < -0.4 is 5.32 Å². The predicted molar refractivity (Wildman–Crippen MR) is 67.9 cm³/mol. The van der Waals surface area contributed by atoms with Gasteiger partial charge in [-0.1, -0.05) is 36.4 Å². The fourth-order valence-corrected chi connectivity index (χ4v) is 2.34. The molecule has 0 radical (unpaired) electrons. The van der Waals surface area contributed by atoms with Crippen molar-refractivity contribution in [3.05, 3.63) is 48.0 Å². The second kappa shape index (κ2) is 3.77. The van der Waals surface area contributed by atoms with Gasteiger partial charge in [-0.15, -0.1) is 0 Å². The number of rotatable bonds is 1. The number of urea groups is 1. The predicted octanol–water partition coefficient (Wildman–Crippen LogP) is 2.54. The van der Waals surface area contributed by atoms with Crippen LogP contribution in [0.5, 0.6) is 0 Å². The molecule has 0 aromatic heterocycles. The maximum Gasteiger partial charge on any atom is 0.317 e. The van der Waals surface area contributed by atoms with Crippen LogP contribution in [0.4, 0.5) is 4.79 Å². The summed E-state index contributed by atoms with van der Waals surface area (Å²) < 4.78 is 0. The zero-order valence-electron chi connectivity index (χ0n) is 9.68. The highest BCUT2D eigenvalue weighted by molar-refractivity contribution is 5.83. The normalized spacial score (nSPS) is 19.7. The van der Waals surface area contributed by atoms with E-state index < -0.39 is 0 Å². The largest absolute Gasteiger partial charge is 0.336 e. The van der Waals surface area contributed by atoms with Crippen LogP contribution in [0.25, 0.3) is 10.8 Å². The number of amides is 2. The van der Waals surface area contributed by atoms with Crippen LogP contribution in [0.3, 0.4) is 0 Å². The molecule has 17 heavy (non-hydrogen) atoms. The number of nitrogens with one attached hydrogen (secondary N) is 1. The molecular formula is C14H14N2O. The molecule has 3 rings (SSSR count). The van der Waals surface area contributed by atoms with Gasteiger partial charge in [0.25, 0.3) is 0 Å². The van der Waals surface area contributed by atoms with Crippen LogP contribution in [0.2, 0.25) is 0 Å². The van der Waals surface area contributed by atoms with Crippen LogP contribution in [0.1, 0.15) is 11.6 Å². The van der Waals surface area contributed by atoms with Crippen molar-refractivity contribution in [3.63, 3.8) is 0 Å². The average molecular weight is 226 g/mol. The number of carbonyl (C=O) groups excluding carboxylic acids is 1. The number of benzene rings is 2. The van der Waals surface area contributed by atoms with Crippen molar-refractivity contribution in [2.45, 2.75) is 6.04 Å². The maximum absolute atomic E-state index is 11.4. The fraction of sp³-hybridized carbons (Fsp3) is 0.214. The van der Waals surface area contributed by atoms with E-state index >= 15 is 0 Å². The first-order chi connectivity index (χ1) is 8.25. The molecule has 1 heterocycles. The minimum Gasteiger partial charge on any atom is -0.336 e. The second-order valence-electron chi connectivity index (χ2n) is 4.42. The molecular weight excluding hydrogens is 212 g/mol. The van der Waals surface area contributed by atoms with Gasteiger partial charge in [-0.05, 0) is 22.4 Å². The summed E-state index contributed by atoms with van der Waals surface area (Å²) in [6, 6.07) is 14.8. The highest BCUT2D eigenvalue weighted by Gasteiger charge is 2.28. The molecule has 1 aliphatic heterocycles. The van der Waals surface area contributed by atoms with Gasteiger partial charge >= 0.3 is 6.03 Å². The van der Waals surface area contributed by atoms with Gasteiger partial charge in [-0.2, -0.15) is 0 Å². The van der Waals surface area contributed by atoms with Gasteiger partial charge in [0.05, 0.1) is 6.04 Å². The Kier molecular flexibility index (Phi) is 2.25. The number of hydrogen-bond acceptors (Lipinski definition) is 1. The van der Waals surface area contributed by atoms with Gasteiger partial charge in [0.15, 0.2) is 0 Å². The third-order valence-electron chi connectivity index (χ3n) is 3.39. The van der Waals surface area contributed by atoms with Crippen molar-refractivity contribution in [2.24, 2.45) is 0 Å². The summed E-state index contributed by atoms with van der Waals surface area (Å²) in [4.78, 5) is 13.2. The Morgan fingerprint density at radius 2 is 1.94 bits per heavy atom. The van der Waals surface area contributed by atoms with Crippen molar-refractivity contribution in [1.82, 2.24) is 10.2 Å². The first-order valence-electron chi connectivity index (χ1n) is 5.75. The van der Waals surface area contributed by atoms with Gasteiger partial charge < -0.3 is 10.2 Å². The lowest BCUT2D eigenvalue weighted by atomic mass is 10.0. The first-order valence-corrected chi connectivity index (χ1v) is 5.75. The van der Waals surface area contributed by atoms with Crippen molar-refractivity contribution in [1.29, 1.82) is 0 Å². The van der Waals surface area contributed by atoms with Gasteiger partial charge in [-0.25, -0.2) is 4.79 Å². The molecule has 3 heteroatoms. The molecule has 1 fully saturated rings. The standard InChI is InChI=1S/C14H14N2O/c1-16-13(9-15-14(16)17)12-7-6-10-4-2-3-5-11(10)8-12/h2-8,13H,9H2,1H3,(H,15,17). The van der Waals surface area contributed by atoms with Crippen LogP contribution in [-0.4, -0.2) is 24.5 Å². The SMILES string of the molecule is CN1C(=O)NCC1c1ccc2ccccc2c1. The van der Waals surface area contributed by atoms with E-state index in [0.29, 0.717) is 6.54 Å². The zero-order chi connectivity index (χ0) is 11.8. The van der Waals surface area contributed by atoms with Crippen LogP contribution >= 0.6 is 0 Å². The quantitative estimate of drug-likeness (QED) is 0.796. The van der Waals surface area contributed by atoms with E-state index in [4.69, 9.17) is 0 Å². The molecule has 2 amide bonds. The van der Waals surface area contributed by atoms with Crippen molar-refractivity contribution in [2.75, 3.05) is 13.6 Å². The molecule has 1 aliphatic rings. The monoisotopic (exact) mass is 226 g/mol. The lowest BCUT2D eigenvalue weighted by Crippen LogP contribution is -2.25. The van der Waals surface area contributed by atoms with E-state index in [1.165, 1.54) is 16.3 Å². The lowest BCUT2D eigenvalue weighted by molar-refractivity contribution is 0.217. The number of carbonyl (C=O) groups is 1. The van der Waals surface area contributed by atoms with Gasteiger partial charge in [-0.3, -0.25) is 0 Å². The van der Waals surface area contributed by atoms with Gasteiger partial charge in [0.2, 0.25) is 0 Å². The Morgan fingerprint density at radius 1 is 1.18 bits per heavy atom. The summed E-state index contributed by atoms with van der Waals surface area (Å²) in [6.07, 6.45) is 0. The molecule has 1 N–H and O–H groups in total. The molecule has 1 atom stereocenters. The summed E-state index contributed by atoms with van der Waals surface area (Å²) in [5.41, 5.74) is 1.18. The number of fused-ring (bicyclic) bond motifs is 1. The Hall–Kier alpha value is -2.03. The van der Waals surface area contributed by atoms with Crippen molar-refractivity contribution < 1.29 is 4.79 Å². The molecule has 3 nitrogen and oxygen atoms in total. The molecule has 1 unspecified atom stereocenters. The Morgan fingerprint density at radius 3 is 2.65 bits per heavy atom. The Labute approximate surface area is 100 Å². The first kappa shape index (κ1) is 10.1. The van der Waals surface area contributed by atoms with Gasteiger partial charge in [0.1, 0.15) is 0 Å². The Bertz CT molecular complexity index is 579. The Balaban J connectivity index is 2.04. The third kappa shape index (κ3) is 1.64. The summed E-state index contributed by atoms with van der Waals surface area (Å²) >= 11 is 0. The van der Waals surface area contributed by atoms with E-state index in [0.717, 1.165) is 0 Å². The topological polar surface area (TPSA) is 32.3 Å². The van der Waals surface area contributed by atoms with Gasteiger partial charge in [0, 0.05) is 13.6 Å². The van der Waals surface area contributed by atoms with Crippen molar-refractivity contribution >= 4 is 16.8 Å². The van der Waals surface area contributed by atoms with Crippen molar-refractivity contribution in [3.8, 4) is 0 Å². The summed E-state index contributed by atoms with van der Waals surface area (Å²) in [5.74, 6) is 0. The van der Waals surface area contributed by atoms with E-state index in [-0.39, 0.29) is 12.1 Å². The third-order valence-corrected chi connectivity index (χ3v) is 3.39. The number of hydrogen-bond donors (Lipinski definition) is 1. The second-order valence-corrected chi connectivity index (χ2v) is 4.42. The molecule has 1 saturated heterocycles. The van der Waals surface area contributed by atoms with E-state index in [1.807, 2.05) is 19.2 Å². The molecule has 0 saturated carbocycles. The lowest BCUT2D eigenvalue weighted by Gasteiger charge is -2.18. The molecule has 2 aromatic carbocycles. The number of nitrogens with zero attached hydrogens (tertiary/aromatic N) is 1.